The highest BCUT2D eigenvalue weighted by atomic mass is 19.4. The minimum atomic E-state index is -4.35. The van der Waals surface area contributed by atoms with Crippen molar-refractivity contribution in [1.82, 2.24) is 0 Å². The van der Waals surface area contributed by atoms with Crippen LogP contribution in [-0.4, -0.2) is 0 Å². The molecule has 164 valence electrons. The zero-order valence-corrected chi connectivity index (χ0v) is 17.1. The van der Waals surface area contributed by atoms with Crippen molar-refractivity contribution in [3.8, 4) is 5.75 Å². The van der Waals surface area contributed by atoms with E-state index in [4.69, 9.17) is 4.74 Å². The second kappa shape index (κ2) is 9.50. The Bertz CT molecular complexity index is 959. The predicted molar refractivity (Wildman–Crippen MR) is 110 cm³/mol. The highest BCUT2D eigenvalue weighted by Gasteiger charge is 2.34. The van der Waals surface area contributed by atoms with Crippen LogP contribution in [0.4, 0.5) is 22.0 Å². The molecule has 0 spiro atoms. The number of halogens is 5. The summed E-state index contributed by atoms with van der Waals surface area (Å²) in [5.41, 5.74) is 1.75. The lowest BCUT2D eigenvalue weighted by atomic mass is 10.0. The summed E-state index contributed by atoms with van der Waals surface area (Å²) >= 11 is 0. The second-order valence-corrected chi connectivity index (χ2v) is 7.40. The van der Waals surface area contributed by atoms with Crippen LogP contribution < -0.4 is 4.74 Å². The van der Waals surface area contributed by atoms with Crippen molar-refractivity contribution in [3.05, 3.63) is 101 Å². The van der Waals surface area contributed by atoms with Gasteiger partial charge in [0.05, 0.1) is 11.1 Å². The largest absolute Gasteiger partial charge is 0.429 e. The van der Waals surface area contributed by atoms with Crippen LogP contribution in [0, 0.1) is 0 Å². The molecule has 3 aromatic carbocycles. The average molecular weight is 434 g/mol. The van der Waals surface area contributed by atoms with E-state index in [0.717, 1.165) is 41.7 Å². The maximum absolute atomic E-state index is 14.4. The van der Waals surface area contributed by atoms with Crippen LogP contribution in [-0.2, 0) is 31.5 Å². The fourth-order valence-electron chi connectivity index (χ4n) is 3.23. The van der Waals surface area contributed by atoms with Crippen LogP contribution in [0.5, 0.6) is 5.75 Å². The number of ether oxygens (including phenoxy) is 1. The first kappa shape index (κ1) is 22.8. The van der Waals surface area contributed by atoms with Gasteiger partial charge in [0.15, 0.2) is 0 Å². The van der Waals surface area contributed by atoms with E-state index in [2.05, 4.69) is 0 Å². The van der Waals surface area contributed by atoms with Gasteiger partial charge in [-0.25, -0.2) is 0 Å². The number of benzene rings is 3. The van der Waals surface area contributed by atoms with Gasteiger partial charge in [0.25, 0.3) is 0 Å². The minimum absolute atomic E-state index is 0.0425. The molecule has 0 radical (unpaired) electrons. The molecule has 3 rings (SSSR count). The van der Waals surface area contributed by atoms with Crippen LogP contribution in [0.25, 0.3) is 0 Å². The molecule has 0 aromatic heterocycles. The Balaban J connectivity index is 1.58. The molecule has 0 saturated carbocycles. The zero-order valence-electron chi connectivity index (χ0n) is 17.1. The van der Waals surface area contributed by atoms with Crippen molar-refractivity contribution in [3.63, 3.8) is 0 Å². The molecule has 6 heteroatoms. The molecule has 0 unspecified atom stereocenters. The van der Waals surface area contributed by atoms with E-state index in [1.54, 1.807) is 24.3 Å². The van der Waals surface area contributed by atoms with Crippen LogP contribution in [0.1, 0.15) is 41.2 Å². The van der Waals surface area contributed by atoms with E-state index in [1.807, 2.05) is 6.92 Å². The average Bonchev–Trinajstić information content (AvgIpc) is 2.73. The number of hydrogen-bond acceptors (Lipinski definition) is 1. The molecule has 0 aliphatic rings. The Kier molecular flexibility index (Phi) is 6.98. The molecule has 0 N–H and O–H groups in total. The van der Waals surface area contributed by atoms with Crippen molar-refractivity contribution in [1.29, 1.82) is 0 Å². The fraction of sp³-hybridized carbons (Fsp3) is 0.280. The van der Waals surface area contributed by atoms with Crippen molar-refractivity contribution in [2.45, 2.75) is 44.9 Å². The molecular formula is C25H23F5O. The molecule has 0 heterocycles. The molecule has 1 nitrogen and oxygen atoms in total. The van der Waals surface area contributed by atoms with Crippen molar-refractivity contribution in [2.24, 2.45) is 0 Å². The molecule has 0 aliphatic carbocycles. The van der Waals surface area contributed by atoms with Gasteiger partial charge in [-0.15, -0.1) is 0 Å². The van der Waals surface area contributed by atoms with Gasteiger partial charge in [-0.3, -0.25) is 0 Å². The van der Waals surface area contributed by atoms with E-state index in [-0.39, 0.29) is 11.3 Å². The van der Waals surface area contributed by atoms with Crippen molar-refractivity contribution in [2.75, 3.05) is 0 Å². The first-order valence-electron chi connectivity index (χ1n) is 10.1. The molecule has 0 aliphatic heterocycles. The normalized spacial score (nSPS) is 12.1. The summed E-state index contributed by atoms with van der Waals surface area (Å²) in [6.07, 6.45) is -4.92. The predicted octanol–water partition coefficient (Wildman–Crippen LogP) is 7.57. The quantitative estimate of drug-likeness (QED) is 0.332. The SMILES string of the molecule is CCCc1ccc(C(F)(F)Oc2ccc(CCc3ccc(C(F)(F)F)cc3)cc2)cc1. The monoisotopic (exact) mass is 434 g/mol. The van der Waals surface area contributed by atoms with Crippen LogP contribution in [0.2, 0.25) is 0 Å². The standard InChI is InChI=1S/C25H23F5O/c1-2-3-18-8-14-22(15-9-18)25(29,30)31-23-16-10-20(11-17-23)5-4-19-6-12-21(13-7-19)24(26,27)28/h6-17H,2-5H2,1H3. The lowest BCUT2D eigenvalue weighted by Crippen LogP contribution is -2.21. The summed E-state index contributed by atoms with van der Waals surface area (Å²) in [6, 6.07) is 17.4. The zero-order chi connectivity index (χ0) is 22.5. The van der Waals surface area contributed by atoms with E-state index in [0.29, 0.717) is 12.8 Å². The summed E-state index contributed by atoms with van der Waals surface area (Å²) in [6.45, 7) is 2.03. The van der Waals surface area contributed by atoms with E-state index in [9.17, 15) is 22.0 Å². The molecular weight excluding hydrogens is 411 g/mol. The van der Waals surface area contributed by atoms with Gasteiger partial charge in [-0.05, 0) is 72.4 Å². The molecule has 31 heavy (non-hydrogen) atoms. The number of rotatable bonds is 8. The number of alkyl halides is 5. The Morgan fingerprint density at radius 2 is 1.00 bits per heavy atom. The Labute approximate surface area is 178 Å². The summed E-state index contributed by atoms with van der Waals surface area (Å²) in [7, 11) is 0. The van der Waals surface area contributed by atoms with Crippen LogP contribution in [0.3, 0.4) is 0 Å². The van der Waals surface area contributed by atoms with E-state index in [1.165, 1.54) is 36.4 Å². The fourth-order valence-corrected chi connectivity index (χ4v) is 3.23. The van der Waals surface area contributed by atoms with Gasteiger partial charge in [0.2, 0.25) is 0 Å². The van der Waals surface area contributed by atoms with Gasteiger partial charge in [0, 0.05) is 0 Å². The van der Waals surface area contributed by atoms with Gasteiger partial charge in [0.1, 0.15) is 5.75 Å². The molecule has 3 aromatic rings. The molecule has 0 fully saturated rings. The van der Waals surface area contributed by atoms with Gasteiger partial charge in [-0.1, -0.05) is 49.7 Å². The third-order valence-corrected chi connectivity index (χ3v) is 4.98. The van der Waals surface area contributed by atoms with E-state index >= 15 is 0 Å². The molecule has 0 bridgehead atoms. The summed E-state index contributed by atoms with van der Waals surface area (Å²) < 4.78 is 71.7. The second-order valence-electron chi connectivity index (χ2n) is 7.40. The highest BCUT2D eigenvalue weighted by molar-refractivity contribution is 5.31. The number of hydrogen-bond donors (Lipinski definition) is 0. The third kappa shape index (κ3) is 6.29. The highest BCUT2D eigenvalue weighted by Crippen LogP contribution is 2.32. The van der Waals surface area contributed by atoms with Crippen LogP contribution >= 0.6 is 0 Å². The van der Waals surface area contributed by atoms with E-state index < -0.39 is 17.8 Å². The van der Waals surface area contributed by atoms with Crippen molar-refractivity contribution < 1.29 is 26.7 Å². The maximum atomic E-state index is 14.4. The smallest absolute Gasteiger partial charge is 0.426 e. The summed E-state index contributed by atoms with van der Waals surface area (Å²) in [5, 5.41) is 0. The Morgan fingerprint density at radius 1 is 0.581 bits per heavy atom. The van der Waals surface area contributed by atoms with Crippen LogP contribution in [0.15, 0.2) is 72.8 Å². The first-order valence-corrected chi connectivity index (χ1v) is 10.1. The lowest BCUT2D eigenvalue weighted by molar-refractivity contribution is -0.185. The Morgan fingerprint density at radius 3 is 1.45 bits per heavy atom. The third-order valence-electron chi connectivity index (χ3n) is 4.98. The first-order chi connectivity index (χ1) is 14.7. The molecule has 0 amide bonds. The summed E-state index contributed by atoms with van der Waals surface area (Å²) in [4.78, 5) is 0. The van der Waals surface area contributed by atoms with Crippen molar-refractivity contribution >= 4 is 0 Å². The minimum Gasteiger partial charge on any atom is -0.429 e. The van der Waals surface area contributed by atoms with Gasteiger partial charge in [-0.2, -0.15) is 22.0 Å². The maximum Gasteiger partial charge on any atom is 0.426 e. The lowest BCUT2D eigenvalue weighted by Gasteiger charge is -2.19. The molecule has 0 atom stereocenters. The summed E-state index contributed by atoms with van der Waals surface area (Å²) in [5.74, 6) is 0.0425. The molecule has 0 saturated heterocycles. The van der Waals surface area contributed by atoms with Gasteiger partial charge >= 0.3 is 12.3 Å². The van der Waals surface area contributed by atoms with Gasteiger partial charge < -0.3 is 4.74 Å². The number of aryl methyl sites for hydroxylation is 3. The topological polar surface area (TPSA) is 9.23 Å². The Hall–Kier alpha value is -2.89.